The van der Waals surface area contributed by atoms with E-state index in [0.29, 0.717) is 48.3 Å². The van der Waals surface area contributed by atoms with Gasteiger partial charge in [-0.15, -0.1) is 0 Å². The largest absolute Gasteiger partial charge is 0.490 e. The van der Waals surface area contributed by atoms with E-state index >= 15 is 0 Å². The molecule has 0 saturated carbocycles. The number of amides is 1. The number of carbonyl (C=O) groups is 2. The molecule has 0 atom stereocenters. The number of rotatable bonds is 39. The molecule has 2 rings (SSSR count). The van der Waals surface area contributed by atoms with Gasteiger partial charge in [0.2, 0.25) is 5.75 Å². The lowest BCUT2D eigenvalue weighted by molar-refractivity contribution is 0.0696. The minimum Gasteiger partial charge on any atom is -0.490 e. The molecule has 0 aliphatic carbocycles. The molecule has 0 unspecified atom stereocenters. The molecule has 0 fully saturated rings. The van der Waals surface area contributed by atoms with Crippen LogP contribution in [0.15, 0.2) is 36.4 Å². The van der Waals surface area contributed by atoms with Gasteiger partial charge in [-0.1, -0.05) is 194 Å². The molecule has 0 radical (unpaired) electrons. The molecule has 0 spiro atoms. The molecule has 2 aromatic rings. The molecule has 7 heteroatoms. The molecule has 2 N–H and O–H groups in total. The molecule has 0 saturated heterocycles. The third kappa shape index (κ3) is 25.0. The first kappa shape index (κ1) is 49.9. The molecule has 57 heavy (non-hydrogen) atoms. The molecule has 7 nitrogen and oxygen atoms in total. The van der Waals surface area contributed by atoms with Crippen LogP contribution in [0.1, 0.15) is 234 Å². The van der Waals surface area contributed by atoms with Crippen molar-refractivity contribution in [2.75, 3.05) is 25.1 Å². The molecule has 2 aromatic carbocycles. The quantitative estimate of drug-likeness (QED) is 0.0655. The van der Waals surface area contributed by atoms with Gasteiger partial charge in [-0.05, 0) is 55.7 Å². The number of carboxylic acid groups (broad SMARTS) is 1. The van der Waals surface area contributed by atoms with Crippen molar-refractivity contribution in [1.82, 2.24) is 0 Å². The number of hydrogen-bond acceptors (Lipinski definition) is 5. The number of carbonyl (C=O) groups excluding carboxylic acids is 1. The summed E-state index contributed by atoms with van der Waals surface area (Å²) in [5, 5.41) is 12.2. The summed E-state index contributed by atoms with van der Waals surface area (Å²) in [4.78, 5) is 25.0. The van der Waals surface area contributed by atoms with Crippen LogP contribution in [0, 0.1) is 0 Å². The predicted octanol–water partition coefficient (Wildman–Crippen LogP) is 15.5. The van der Waals surface area contributed by atoms with E-state index in [-0.39, 0.29) is 11.5 Å². The van der Waals surface area contributed by atoms with Crippen LogP contribution in [0.3, 0.4) is 0 Å². The van der Waals surface area contributed by atoms with Crippen molar-refractivity contribution in [2.24, 2.45) is 0 Å². The van der Waals surface area contributed by atoms with Gasteiger partial charge in [0.05, 0.1) is 25.4 Å². The fraction of sp³-hybridized carbons (Fsp3) is 0.720. The SMILES string of the molecule is CCCCCCCCCCCCOc1cc(C(=O)Nc2ccc(C(=O)O)cc2)cc(OCCCCCCCCCCCC)c1OCCCCCCCCCCCC. The number of hydrogen-bond donors (Lipinski definition) is 2. The van der Waals surface area contributed by atoms with E-state index in [4.69, 9.17) is 14.2 Å². The molecule has 324 valence electrons. The van der Waals surface area contributed by atoms with Gasteiger partial charge in [0.15, 0.2) is 11.5 Å². The maximum atomic E-state index is 13.6. The highest BCUT2D eigenvalue weighted by Crippen LogP contribution is 2.40. The Morgan fingerprint density at radius 3 is 1.09 bits per heavy atom. The zero-order valence-corrected chi connectivity index (χ0v) is 36.8. The van der Waals surface area contributed by atoms with Crippen LogP contribution in [0.25, 0.3) is 0 Å². The van der Waals surface area contributed by atoms with Crippen molar-refractivity contribution in [3.63, 3.8) is 0 Å². The van der Waals surface area contributed by atoms with Gasteiger partial charge < -0.3 is 24.6 Å². The van der Waals surface area contributed by atoms with E-state index in [9.17, 15) is 14.7 Å². The molecular weight excluding hydrogens is 711 g/mol. The highest BCUT2D eigenvalue weighted by Gasteiger charge is 2.20. The van der Waals surface area contributed by atoms with Gasteiger partial charge in [0.25, 0.3) is 5.91 Å². The summed E-state index contributed by atoms with van der Waals surface area (Å²) in [6.45, 7) is 8.45. The lowest BCUT2D eigenvalue weighted by atomic mass is 10.1. The van der Waals surface area contributed by atoms with Gasteiger partial charge in [-0.3, -0.25) is 4.79 Å². The molecule has 0 aliphatic heterocycles. The van der Waals surface area contributed by atoms with Crippen molar-refractivity contribution >= 4 is 17.6 Å². The molecule has 0 aliphatic rings. The van der Waals surface area contributed by atoms with E-state index < -0.39 is 5.97 Å². The minimum atomic E-state index is -1.00. The average Bonchev–Trinajstić information content (AvgIpc) is 3.21. The van der Waals surface area contributed by atoms with Crippen molar-refractivity contribution in [3.05, 3.63) is 47.5 Å². The summed E-state index contributed by atoms with van der Waals surface area (Å²) in [6.07, 6.45) is 37.5. The van der Waals surface area contributed by atoms with Crippen molar-refractivity contribution in [1.29, 1.82) is 0 Å². The normalized spacial score (nSPS) is 11.1. The average molecular weight is 794 g/mol. The zero-order valence-electron chi connectivity index (χ0n) is 36.8. The van der Waals surface area contributed by atoms with Crippen molar-refractivity contribution in [3.8, 4) is 17.2 Å². The highest BCUT2D eigenvalue weighted by molar-refractivity contribution is 6.05. The fourth-order valence-corrected chi connectivity index (χ4v) is 7.27. The second-order valence-electron chi connectivity index (χ2n) is 16.2. The highest BCUT2D eigenvalue weighted by atomic mass is 16.5. The Labute approximate surface area is 348 Å². The van der Waals surface area contributed by atoms with Gasteiger partial charge in [-0.25, -0.2) is 4.79 Å². The number of anilines is 1. The Morgan fingerprint density at radius 1 is 0.439 bits per heavy atom. The van der Waals surface area contributed by atoms with Gasteiger partial charge >= 0.3 is 5.97 Å². The summed E-state index contributed by atoms with van der Waals surface area (Å²) in [5.74, 6) is 0.365. The Bertz CT molecular complexity index is 1230. The van der Waals surface area contributed by atoms with Crippen LogP contribution in [0.2, 0.25) is 0 Å². The summed E-state index contributed by atoms with van der Waals surface area (Å²) in [6, 6.07) is 9.75. The lowest BCUT2D eigenvalue weighted by Gasteiger charge is -2.19. The number of benzene rings is 2. The first-order valence-corrected chi connectivity index (χ1v) is 23.7. The monoisotopic (exact) mass is 794 g/mol. The van der Waals surface area contributed by atoms with Crippen LogP contribution >= 0.6 is 0 Å². The smallest absolute Gasteiger partial charge is 0.335 e. The summed E-state index contributed by atoms with van der Waals surface area (Å²) in [5.41, 5.74) is 1.11. The first-order chi connectivity index (χ1) is 28.0. The lowest BCUT2D eigenvalue weighted by Crippen LogP contribution is -2.14. The first-order valence-electron chi connectivity index (χ1n) is 23.7. The minimum absolute atomic E-state index is 0.169. The maximum Gasteiger partial charge on any atom is 0.335 e. The molecular formula is C50H83NO6. The third-order valence-corrected chi connectivity index (χ3v) is 10.9. The van der Waals surface area contributed by atoms with Crippen LogP contribution in [-0.2, 0) is 0 Å². The third-order valence-electron chi connectivity index (χ3n) is 10.9. The standard InChI is InChI=1S/C50H83NO6/c1-4-7-10-13-16-19-22-25-28-31-38-55-46-41-44(49(52)51-45-36-34-43(35-37-45)50(53)54)42-47(56-39-32-29-26-23-20-17-14-11-8-5-2)48(46)57-40-33-30-27-24-21-18-15-12-9-6-3/h34-37,41-42H,4-33,38-40H2,1-3H3,(H,51,52)(H,53,54). The van der Waals surface area contributed by atoms with Crippen LogP contribution in [0.4, 0.5) is 5.69 Å². The summed E-state index contributed by atoms with van der Waals surface area (Å²) < 4.78 is 19.4. The van der Waals surface area contributed by atoms with E-state index in [0.717, 1.165) is 38.5 Å². The zero-order chi connectivity index (χ0) is 41.0. The van der Waals surface area contributed by atoms with Gasteiger partial charge in [0.1, 0.15) is 0 Å². The van der Waals surface area contributed by atoms with E-state index in [1.54, 1.807) is 24.3 Å². The Balaban J connectivity index is 2.09. The van der Waals surface area contributed by atoms with Crippen molar-refractivity contribution in [2.45, 2.75) is 213 Å². The topological polar surface area (TPSA) is 94.1 Å². The number of nitrogens with one attached hydrogen (secondary N) is 1. The van der Waals surface area contributed by atoms with E-state index in [2.05, 4.69) is 26.1 Å². The second-order valence-corrected chi connectivity index (χ2v) is 16.2. The van der Waals surface area contributed by atoms with Crippen LogP contribution in [0.5, 0.6) is 17.2 Å². The summed E-state index contributed by atoms with van der Waals surface area (Å²) in [7, 11) is 0. The predicted molar refractivity (Wildman–Crippen MR) is 240 cm³/mol. The number of unbranched alkanes of at least 4 members (excludes halogenated alkanes) is 27. The number of aromatic carboxylic acids is 1. The Kier molecular flexibility index (Phi) is 30.5. The fourth-order valence-electron chi connectivity index (χ4n) is 7.27. The molecule has 0 bridgehead atoms. The van der Waals surface area contributed by atoms with E-state index in [1.807, 2.05) is 0 Å². The molecule has 0 aromatic heterocycles. The molecule has 0 heterocycles. The molecule has 1 amide bonds. The number of carboxylic acids is 1. The Hall–Kier alpha value is -3.22. The van der Waals surface area contributed by atoms with Crippen molar-refractivity contribution < 1.29 is 28.9 Å². The Morgan fingerprint density at radius 2 is 0.754 bits per heavy atom. The summed E-state index contributed by atoms with van der Waals surface area (Å²) >= 11 is 0. The van der Waals surface area contributed by atoms with E-state index in [1.165, 1.54) is 166 Å². The van der Waals surface area contributed by atoms with Crippen LogP contribution < -0.4 is 19.5 Å². The van der Waals surface area contributed by atoms with Gasteiger partial charge in [0, 0.05) is 11.3 Å². The van der Waals surface area contributed by atoms with Gasteiger partial charge in [-0.2, -0.15) is 0 Å². The maximum absolute atomic E-state index is 13.6. The second kappa shape index (κ2) is 34.8. The van der Waals surface area contributed by atoms with Crippen LogP contribution in [-0.4, -0.2) is 36.8 Å². The number of ether oxygens (including phenoxy) is 3.